The lowest BCUT2D eigenvalue weighted by molar-refractivity contribution is -0.237. The number of hydrogen-bond donors (Lipinski definition) is 0. The van der Waals surface area contributed by atoms with Crippen LogP contribution in [0.25, 0.3) is 0 Å². The van der Waals surface area contributed by atoms with Gasteiger partial charge in [-0.15, -0.1) is 6.58 Å². The Morgan fingerprint density at radius 3 is 2.53 bits per heavy atom. The lowest BCUT2D eigenvalue weighted by Gasteiger charge is -2.36. The third-order valence-electron chi connectivity index (χ3n) is 2.59. The van der Waals surface area contributed by atoms with Crippen molar-refractivity contribution < 1.29 is 9.47 Å². The van der Waals surface area contributed by atoms with Crippen LogP contribution in [-0.4, -0.2) is 20.3 Å². The minimum Gasteiger partial charge on any atom is -0.354 e. The molecule has 0 bridgehead atoms. The van der Waals surface area contributed by atoms with E-state index in [0.717, 1.165) is 25.9 Å². The van der Waals surface area contributed by atoms with E-state index in [1.165, 1.54) is 0 Å². The van der Waals surface area contributed by atoms with Crippen molar-refractivity contribution in [3.05, 3.63) is 48.6 Å². The highest BCUT2D eigenvalue weighted by molar-refractivity contribution is 6.35. The highest BCUT2D eigenvalue weighted by Gasteiger charge is 2.35. The van der Waals surface area contributed by atoms with E-state index >= 15 is 0 Å². The third-order valence-corrected chi connectivity index (χ3v) is 2.59. The molecule has 0 aromatic heterocycles. The highest BCUT2D eigenvalue weighted by Crippen LogP contribution is 2.32. The van der Waals surface area contributed by atoms with Crippen molar-refractivity contribution in [1.82, 2.24) is 0 Å². The van der Waals surface area contributed by atoms with Crippen LogP contribution in [0.4, 0.5) is 0 Å². The van der Waals surface area contributed by atoms with Gasteiger partial charge in [-0.3, -0.25) is 0 Å². The summed E-state index contributed by atoms with van der Waals surface area (Å²) in [7, 11) is 0.964. The van der Waals surface area contributed by atoms with E-state index in [2.05, 4.69) is 6.58 Å². The summed E-state index contributed by atoms with van der Waals surface area (Å²) >= 11 is 0. The molecule has 1 aliphatic heterocycles. The predicted octanol–water partition coefficient (Wildman–Crippen LogP) is 1.81. The van der Waals surface area contributed by atoms with Crippen LogP contribution in [0.5, 0.6) is 0 Å². The second-order valence-electron chi connectivity index (χ2n) is 3.66. The lowest BCUT2D eigenvalue weighted by Crippen LogP contribution is -2.40. The van der Waals surface area contributed by atoms with E-state index in [9.17, 15) is 0 Å². The summed E-state index contributed by atoms with van der Waals surface area (Å²) in [4.78, 5) is 0. The number of ether oxygens (including phenoxy) is 2. The topological polar surface area (TPSA) is 18.5 Å². The molecule has 15 heavy (non-hydrogen) atoms. The zero-order chi connectivity index (χ0) is 10.6. The Balaban J connectivity index is 2.29. The normalized spacial score (nSPS) is 19.2. The van der Waals surface area contributed by atoms with Gasteiger partial charge in [0, 0.05) is 25.0 Å². The molecule has 3 heteroatoms. The molecule has 0 N–H and O–H groups in total. The minimum atomic E-state index is -0.596. The molecule has 1 aromatic carbocycles. The monoisotopic (exact) mass is 202 g/mol. The van der Waals surface area contributed by atoms with Crippen LogP contribution < -0.4 is 0 Å². The molecule has 78 valence electrons. The zero-order valence-corrected chi connectivity index (χ0v) is 8.82. The van der Waals surface area contributed by atoms with Crippen molar-refractivity contribution in [2.75, 3.05) is 13.0 Å². The first-order valence-electron chi connectivity index (χ1n) is 5.32. The molecule has 0 spiro atoms. The fourth-order valence-corrected chi connectivity index (χ4v) is 1.86. The van der Waals surface area contributed by atoms with E-state index in [4.69, 9.17) is 9.47 Å². The summed E-state index contributed by atoms with van der Waals surface area (Å²) in [5, 5.41) is 0. The van der Waals surface area contributed by atoms with Gasteiger partial charge < -0.3 is 9.47 Å². The van der Waals surface area contributed by atoms with E-state index in [1.807, 2.05) is 36.4 Å². The first-order chi connectivity index (χ1) is 7.37. The predicted molar refractivity (Wildman–Crippen MR) is 62.0 cm³/mol. The minimum absolute atomic E-state index is 0.596. The molecule has 1 heterocycles. The van der Waals surface area contributed by atoms with Gasteiger partial charge in [0.25, 0.3) is 0 Å². The van der Waals surface area contributed by atoms with Crippen molar-refractivity contribution in [2.45, 2.75) is 12.2 Å². The molecule has 2 rings (SSSR count). The van der Waals surface area contributed by atoms with Crippen LogP contribution in [0.15, 0.2) is 43.0 Å². The molecule has 0 aliphatic carbocycles. The van der Waals surface area contributed by atoms with E-state index < -0.39 is 5.79 Å². The summed E-state index contributed by atoms with van der Waals surface area (Å²) in [5.74, 6) is -0.596. The highest BCUT2D eigenvalue weighted by atomic mass is 16.7. The van der Waals surface area contributed by atoms with Crippen molar-refractivity contribution in [3.8, 4) is 0 Å². The van der Waals surface area contributed by atoms with Crippen LogP contribution in [0, 0.1) is 0 Å². The number of hydrogen-bond acceptors (Lipinski definition) is 2. The average molecular weight is 202 g/mol. The van der Waals surface area contributed by atoms with Gasteiger partial charge in [0.1, 0.15) is 0 Å². The van der Waals surface area contributed by atoms with Gasteiger partial charge in [0.15, 0.2) is 13.1 Å². The molecule has 1 saturated heterocycles. The Hall–Kier alpha value is -1.06. The number of rotatable bonds is 3. The molecule has 1 aliphatic rings. The molecule has 0 radical (unpaired) electrons. The first-order valence-corrected chi connectivity index (χ1v) is 5.32. The summed E-state index contributed by atoms with van der Waals surface area (Å²) in [6.07, 6.45) is 2.54. The van der Waals surface area contributed by atoms with Crippen LogP contribution >= 0.6 is 0 Å². The lowest BCUT2D eigenvalue weighted by atomic mass is 9.80. The third kappa shape index (κ3) is 2.14. The number of benzene rings is 1. The van der Waals surface area contributed by atoms with Crippen LogP contribution in [0.1, 0.15) is 12.0 Å². The first kappa shape index (κ1) is 10.5. The smallest absolute Gasteiger partial charge is 0.196 e. The second kappa shape index (κ2) is 4.64. The maximum atomic E-state index is 5.80. The molecule has 0 amide bonds. The van der Waals surface area contributed by atoms with Crippen LogP contribution in [-0.2, 0) is 15.3 Å². The molecule has 0 saturated carbocycles. The summed E-state index contributed by atoms with van der Waals surface area (Å²) in [5.41, 5.74) is 1.07. The summed E-state index contributed by atoms with van der Waals surface area (Å²) in [6.45, 7) is 5.27. The average Bonchev–Trinajstić information content (AvgIpc) is 2.32. The van der Waals surface area contributed by atoms with Gasteiger partial charge in [-0.2, -0.15) is 0 Å². The van der Waals surface area contributed by atoms with Crippen molar-refractivity contribution >= 4 is 7.28 Å². The van der Waals surface area contributed by atoms with E-state index in [-0.39, 0.29) is 0 Å². The molecular formula is C12H15BO2. The van der Waals surface area contributed by atoms with Crippen LogP contribution in [0.2, 0.25) is 0 Å². The van der Waals surface area contributed by atoms with Gasteiger partial charge >= 0.3 is 0 Å². The molecule has 0 unspecified atom stereocenters. The van der Waals surface area contributed by atoms with E-state index in [0.29, 0.717) is 6.42 Å². The van der Waals surface area contributed by atoms with Crippen molar-refractivity contribution in [2.24, 2.45) is 0 Å². The fraction of sp³-hybridized carbons (Fsp3) is 0.333. The van der Waals surface area contributed by atoms with Crippen molar-refractivity contribution in [1.29, 1.82) is 0 Å². The Kier molecular flexibility index (Phi) is 3.24. The largest absolute Gasteiger partial charge is 0.354 e. The Labute approximate surface area is 91.1 Å². The standard InChI is InChI=1S/C12H15BO2/c1-2-8-12(14-9-13-10-15-12)11-6-4-3-5-7-11/h2-7,13H,1,8-10H2. The zero-order valence-electron chi connectivity index (χ0n) is 8.82. The molecule has 1 fully saturated rings. The SMILES string of the molecule is C=CCC1(c2ccccc2)OCBCO1. The second-order valence-corrected chi connectivity index (χ2v) is 3.66. The van der Waals surface area contributed by atoms with Crippen LogP contribution in [0.3, 0.4) is 0 Å². The van der Waals surface area contributed by atoms with Gasteiger partial charge in [-0.25, -0.2) is 0 Å². The van der Waals surface area contributed by atoms with Crippen molar-refractivity contribution in [3.63, 3.8) is 0 Å². The molecule has 1 aromatic rings. The maximum absolute atomic E-state index is 5.80. The van der Waals surface area contributed by atoms with Gasteiger partial charge in [-0.1, -0.05) is 36.4 Å². The molecule has 2 nitrogen and oxygen atoms in total. The molecule has 0 atom stereocenters. The van der Waals surface area contributed by atoms with E-state index in [1.54, 1.807) is 0 Å². The van der Waals surface area contributed by atoms with Gasteiger partial charge in [0.05, 0.1) is 0 Å². The fourth-order valence-electron chi connectivity index (χ4n) is 1.86. The summed E-state index contributed by atoms with van der Waals surface area (Å²) < 4.78 is 11.6. The maximum Gasteiger partial charge on any atom is 0.196 e. The Bertz CT molecular complexity index is 318. The quantitative estimate of drug-likeness (QED) is 0.549. The van der Waals surface area contributed by atoms with Gasteiger partial charge in [0.2, 0.25) is 0 Å². The Morgan fingerprint density at radius 2 is 1.93 bits per heavy atom. The van der Waals surface area contributed by atoms with Gasteiger partial charge in [-0.05, 0) is 0 Å². The molecular weight excluding hydrogens is 187 g/mol. The summed E-state index contributed by atoms with van der Waals surface area (Å²) in [6, 6.07) is 10.1. The Morgan fingerprint density at radius 1 is 1.27 bits per heavy atom.